The quantitative estimate of drug-likeness (QED) is 0.655. The second-order valence-electron chi connectivity index (χ2n) is 5.10. The predicted molar refractivity (Wildman–Crippen MR) is 92.2 cm³/mol. The van der Waals surface area contributed by atoms with E-state index in [0.29, 0.717) is 12.5 Å². The number of benzene rings is 1. The van der Waals surface area contributed by atoms with Gasteiger partial charge in [-0.3, -0.25) is 4.98 Å². The smallest absolute Gasteiger partial charge is 0.193 e. The van der Waals surface area contributed by atoms with Gasteiger partial charge >= 0.3 is 0 Å². The molecule has 0 saturated carbocycles. The molecule has 0 spiro atoms. The van der Waals surface area contributed by atoms with E-state index in [-0.39, 0.29) is 0 Å². The second-order valence-corrected chi connectivity index (χ2v) is 5.10. The van der Waals surface area contributed by atoms with Crippen LogP contribution in [0.2, 0.25) is 0 Å². The highest BCUT2D eigenvalue weighted by molar-refractivity contribution is 5.92. The highest BCUT2D eigenvalue weighted by Gasteiger charge is 2.09. The van der Waals surface area contributed by atoms with Crippen LogP contribution < -0.4 is 20.5 Å². The molecule has 1 heterocycles. The van der Waals surface area contributed by atoms with Crippen molar-refractivity contribution in [1.82, 2.24) is 4.98 Å². The maximum absolute atomic E-state index is 5.92. The van der Waals surface area contributed by atoms with E-state index in [2.05, 4.69) is 15.3 Å². The zero-order valence-corrected chi connectivity index (χ0v) is 13.9. The zero-order valence-electron chi connectivity index (χ0n) is 13.9. The lowest BCUT2D eigenvalue weighted by Crippen LogP contribution is -2.22. The number of aryl methyl sites for hydroxylation is 1. The molecule has 122 valence electrons. The van der Waals surface area contributed by atoms with Crippen LogP contribution in [-0.2, 0) is 6.54 Å². The Labute approximate surface area is 136 Å². The molecule has 1 aromatic heterocycles. The molecule has 0 radical (unpaired) electrons. The first-order chi connectivity index (χ1) is 11.0. The Kier molecular flexibility index (Phi) is 5.41. The molecule has 0 aliphatic heterocycles. The number of anilines is 1. The summed E-state index contributed by atoms with van der Waals surface area (Å²) in [6, 6.07) is 7.46. The molecule has 2 aromatic rings. The summed E-state index contributed by atoms with van der Waals surface area (Å²) < 4.78 is 10.5. The van der Waals surface area contributed by atoms with E-state index >= 15 is 0 Å². The van der Waals surface area contributed by atoms with Gasteiger partial charge in [-0.25, -0.2) is 4.99 Å². The van der Waals surface area contributed by atoms with E-state index in [1.165, 1.54) is 0 Å². The van der Waals surface area contributed by atoms with E-state index in [0.717, 1.165) is 34.0 Å². The van der Waals surface area contributed by atoms with Gasteiger partial charge in [-0.1, -0.05) is 0 Å². The normalized spacial score (nSPS) is 11.2. The van der Waals surface area contributed by atoms with E-state index in [1.807, 2.05) is 38.1 Å². The van der Waals surface area contributed by atoms with Crippen LogP contribution in [0.3, 0.4) is 0 Å². The van der Waals surface area contributed by atoms with Gasteiger partial charge in [-0.05, 0) is 38.1 Å². The van der Waals surface area contributed by atoms with Crippen molar-refractivity contribution in [3.8, 4) is 11.5 Å². The summed E-state index contributed by atoms with van der Waals surface area (Å²) in [6.45, 7) is 4.32. The second kappa shape index (κ2) is 7.49. The molecule has 1 aromatic carbocycles. The van der Waals surface area contributed by atoms with E-state index in [1.54, 1.807) is 20.4 Å². The van der Waals surface area contributed by atoms with Gasteiger partial charge in [0.25, 0.3) is 0 Å². The number of ether oxygens (including phenoxy) is 2. The van der Waals surface area contributed by atoms with Gasteiger partial charge in [0.15, 0.2) is 5.96 Å². The fourth-order valence-electron chi connectivity index (χ4n) is 2.25. The third-order valence-electron chi connectivity index (χ3n) is 3.51. The number of hydrogen-bond acceptors (Lipinski definition) is 4. The Hall–Kier alpha value is -2.76. The van der Waals surface area contributed by atoms with Crippen LogP contribution in [0.1, 0.15) is 16.8 Å². The molecule has 2 rings (SSSR count). The maximum Gasteiger partial charge on any atom is 0.193 e. The Morgan fingerprint density at radius 2 is 1.87 bits per heavy atom. The molecule has 6 heteroatoms. The lowest BCUT2D eigenvalue weighted by atomic mass is 10.1. The minimum atomic E-state index is 0.330. The number of rotatable bonds is 5. The Morgan fingerprint density at radius 3 is 2.48 bits per heavy atom. The molecule has 0 saturated heterocycles. The van der Waals surface area contributed by atoms with Gasteiger partial charge < -0.3 is 20.5 Å². The van der Waals surface area contributed by atoms with Crippen molar-refractivity contribution in [2.45, 2.75) is 20.4 Å². The number of methoxy groups -OCH3 is 2. The van der Waals surface area contributed by atoms with Gasteiger partial charge in [0.05, 0.1) is 26.5 Å². The van der Waals surface area contributed by atoms with Crippen LogP contribution in [0.4, 0.5) is 5.69 Å². The number of guanidine groups is 1. The third-order valence-corrected chi connectivity index (χ3v) is 3.51. The van der Waals surface area contributed by atoms with Crippen molar-refractivity contribution in [3.05, 3.63) is 47.3 Å². The van der Waals surface area contributed by atoms with E-state index < -0.39 is 0 Å². The molecule has 0 aliphatic rings. The molecule has 3 N–H and O–H groups in total. The third kappa shape index (κ3) is 4.12. The molecule has 0 atom stereocenters. The topological polar surface area (TPSA) is 81.8 Å². The summed E-state index contributed by atoms with van der Waals surface area (Å²) in [6.07, 6.45) is 1.78. The molecule has 0 fully saturated rings. The molecule has 23 heavy (non-hydrogen) atoms. The van der Waals surface area contributed by atoms with Crippen molar-refractivity contribution in [1.29, 1.82) is 0 Å². The van der Waals surface area contributed by atoms with Crippen LogP contribution in [-0.4, -0.2) is 25.2 Å². The van der Waals surface area contributed by atoms with Crippen molar-refractivity contribution in [2.75, 3.05) is 19.5 Å². The largest absolute Gasteiger partial charge is 0.497 e. The number of pyridine rings is 1. The number of nitrogens with one attached hydrogen (secondary N) is 1. The molecular formula is C17H22N4O2. The summed E-state index contributed by atoms with van der Waals surface area (Å²) in [5.41, 5.74) is 9.59. The molecule has 0 amide bonds. The standard InChI is InChI=1S/C17H22N4O2/c1-11-9-19-15(12(2)16(11)23-4)10-20-17(18)21-13-5-7-14(22-3)8-6-13/h5-9H,10H2,1-4H3,(H3,18,20,21). The Morgan fingerprint density at radius 1 is 1.17 bits per heavy atom. The minimum Gasteiger partial charge on any atom is -0.497 e. The van der Waals surface area contributed by atoms with Gasteiger partial charge in [0.2, 0.25) is 0 Å². The first kappa shape index (κ1) is 16.6. The summed E-state index contributed by atoms with van der Waals surface area (Å²) in [5, 5.41) is 3.04. The number of aromatic nitrogens is 1. The Balaban J connectivity index is 2.07. The first-order valence-corrected chi connectivity index (χ1v) is 7.25. The fraction of sp³-hybridized carbons (Fsp3) is 0.294. The SMILES string of the molecule is COc1ccc(NC(N)=NCc2ncc(C)c(OC)c2C)cc1. The van der Waals surface area contributed by atoms with Crippen LogP contribution in [0.15, 0.2) is 35.5 Å². The molecular weight excluding hydrogens is 292 g/mol. The lowest BCUT2D eigenvalue weighted by molar-refractivity contribution is 0.407. The minimum absolute atomic E-state index is 0.330. The average Bonchev–Trinajstić information content (AvgIpc) is 2.55. The first-order valence-electron chi connectivity index (χ1n) is 7.25. The summed E-state index contributed by atoms with van der Waals surface area (Å²) >= 11 is 0. The van der Waals surface area contributed by atoms with Crippen LogP contribution in [0.25, 0.3) is 0 Å². The van der Waals surface area contributed by atoms with E-state index in [4.69, 9.17) is 15.2 Å². The van der Waals surface area contributed by atoms with Crippen molar-refractivity contribution in [2.24, 2.45) is 10.7 Å². The highest BCUT2D eigenvalue weighted by Crippen LogP contribution is 2.24. The van der Waals surface area contributed by atoms with Crippen molar-refractivity contribution < 1.29 is 9.47 Å². The molecule has 6 nitrogen and oxygen atoms in total. The van der Waals surface area contributed by atoms with Crippen molar-refractivity contribution in [3.63, 3.8) is 0 Å². The van der Waals surface area contributed by atoms with Gasteiger partial charge in [-0.2, -0.15) is 0 Å². The van der Waals surface area contributed by atoms with Crippen molar-refractivity contribution >= 4 is 11.6 Å². The summed E-state index contributed by atoms with van der Waals surface area (Å²) in [7, 11) is 3.28. The maximum atomic E-state index is 5.92. The van der Waals surface area contributed by atoms with Crippen LogP contribution in [0.5, 0.6) is 11.5 Å². The summed E-state index contributed by atoms with van der Waals surface area (Å²) in [4.78, 5) is 8.73. The number of nitrogens with zero attached hydrogens (tertiary/aromatic N) is 2. The van der Waals surface area contributed by atoms with Gasteiger partial charge in [0.1, 0.15) is 11.5 Å². The number of nitrogens with two attached hydrogens (primary N) is 1. The van der Waals surface area contributed by atoms with Gasteiger partial charge in [-0.15, -0.1) is 0 Å². The van der Waals surface area contributed by atoms with Crippen LogP contribution in [0, 0.1) is 13.8 Å². The number of hydrogen-bond donors (Lipinski definition) is 2. The molecule has 0 aliphatic carbocycles. The average molecular weight is 314 g/mol. The molecule has 0 bridgehead atoms. The van der Waals surface area contributed by atoms with Crippen LogP contribution >= 0.6 is 0 Å². The fourth-order valence-corrected chi connectivity index (χ4v) is 2.25. The zero-order chi connectivity index (χ0) is 16.8. The summed E-state index contributed by atoms with van der Waals surface area (Å²) in [5.74, 6) is 1.96. The van der Waals surface area contributed by atoms with Gasteiger partial charge in [0, 0.05) is 23.0 Å². The number of aliphatic imine (C=N–C) groups is 1. The Bertz CT molecular complexity index is 696. The lowest BCUT2D eigenvalue weighted by Gasteiger charge is -2.11. The predicted octanol–water partition coefficient (Wildman–Crippen LogP) is 2.64. The van der Waals surface area contributed by atoms with E-state index in [9.17, 15) is 0 Å². The highest BCUT2D eigenvalue weighted by atomic mass is 16.5. The monoisotopic (exact) mass is 314 g/mol. The molecule has 0 unspecified atom stereocenters.